The highest BCUT2D eigenvalue weighted by atomic mass is 127. The minimum absolute atomic E-state index is 0. The van der Waals surface area contributed by atoms with Gasteiger partial charge in [-0.25, -0.2) is 8.42 Å². The number of rotatable bonds is 8. The van der Waals surface area contributed by atoms with Crippen molar-refractivity contribution in [2.24, 2.45) is 10.4 Å². The van der Waals surface area contributed by atoms with Crippen LogP contribution < -0.4 is 5.32 Å². The lowest BCUT2D eigenvalue weighted by atomic mass is 9.93. The van der Waals surface area contributed by atoms with Crippen LogP contribution in [0.15, 0.2) is 21.3 Å². The topological polar surface area (TPSA) is 65.0 Å². The van der Waals surface area contributed by atoms with Crippen molar-refractivity contribution in [3.63, 3.8) is 0 Å². The van der Waals surface area contributed by atoms with E-state index < -0.39 is 10.0 Å². The number of hydrogen-bond donors (Lipinski definition) is 1. The molecule has 9 heteroatoms. The first-order valence-electron chi connectivity index (χ1n) is 9.85. The molecule has 1 N–H and O–H groups in total. The Morgan fingerprint density at radius 3 is 2.50 bits per heavy atom. The molecule has 0 spiro atoms. The molecule has 1 aliphatic heterocycles. The van der Waals surface area contributed by atoms with E-state index in [0.29, 0.717) is 29.3 Å². The van der Waals surface area contributed by atoms with E-state index in [1.54, 1.807) is 6.07 Å². The highest BCUT2D eigenvalue weighted by Crippen LogP contribution is 2.29. The zero-order valence-corrected chi connectivity index (χ0v) is 21.7. The molecule has 28 heavy (non-hydrogen) atoms. The van der Waals surface area contributed by atoms with Crippen molar-refractivity contribution in [3.8, 4) is 0 Å². The van der Waals surface area contributed by atoms with E-state index in [1.807, 2.05) is 19.9 Å². The van der Waals surface area contributed by atoms with Gasteiger partial charge in [0.25, 0.3) is 10.0 Å². The first-order chi connectivity index (χ1) is 12.7. The molecule has 1 aliphatic rings. The number of nitrogens with zero attached hydrogens (tertiary/aromatic N) is 3. The second-order valence-corrected chi connectivity index (χ2v) is 11.0. The van der Waals surface area contributed by atoms with Gasteiger partial charge in [-0.15, -0.1) is 35.3 Å². The van der Waals surface area contributed by atoms with Gasteiger partial charge in [0.2, 0.25) is 0 Å². The predicted molar refractivity (Wildman–Crippen MR) is 129 cm³/mol. The SMILES string of the molecule is CCNC(=NCCc1ccc(S(=O)(=O)N(CC)CC)s1)N1CCC(C)(C)C1.I. The number of sulfonamides is 1. The number of guanidine groups is 1. The Balaban J connectivity index is 0.00000392. The summed E-state index contributed by atoms with van der Waals surface area (Å²) in [6.45, 7) is 14.9. The van der Waals surface area contributed by atoms with Crippen LogP contribution >= 0.6 is 35.3 Å². The Morgan fingerprint density at radius 1 is 1.29 bits per heavy atom. The average Bonchev–Trinajstić information content (AvgIpc) is 3.22. The van der Waals surface area contributed by atoms with Crippen molar-refractivity contribution < 1.29 is 8.42 Å². The van der Waals surface area contributed by atoms with E-state index in [1.165, 1.54) is 22.1 Å². The van der Waals surface area contributed by atoms with Gasteiger partial charge in [-0.05, 0) is 30.9 Å². The number of aliphatic imine (C=N–C) groups is 1. The number of likely N-dealkylation sites (tertiary alicyclic amines) is 1. The van der Waals surface area contributed by atoms with Crippen LogP contribution in [0, 0.1) is 5.41 Å². The maximum atomic E-state index is 12.6. The molecule has 1 saturated heterocycles. The van der Waals surface area contributed by atoms with Gasteiger partial charge in [0.05, 0.1) is 0 Å². The van der Waals surface area contributed by atoms with Crippen LogP contribution in [-0.2, 0) is 16.4 Å². The Morgan fingerprint density at radius 2 is 1.96 bits per heavy atom. The highest BCUT2D eigenvalue weighted by Gasteiger charge is 2.30. The Kier molecular flexibility index (Phi) is 10.2. The fourth-order valence-electron chi connectivity index (χ4n) is 3.31. The number of nitrogens with one attached hydrogen (secondary N) is 1. The summed E-state index contributed by atoms with van der Waals surface area (Å²) in [5.41, 5.74) is 0.331. The third-order valence-electron chi connectivity index (χ3n) is 4.87. The smallest absolute Gasteiger partial charge is 0.252 e. The van der Waals surface area contributed by atoms with Gasteiger partial charge in [0.1, 0.15) is 4.21 Å². The summed E-state index contributed by atoms with van der Waals surface area (Å²) in [6.07, 6.45) is 1.93. The minimum Gasteiger partial charge on any atom is -0.357 e. The maximum Gasteiger partial charge on any atom is 0.252 e. The van der Waals surface area contributed by atoms with E-state index in [9.17, 15) is 8.42 Å². The van der Waals surface area contributed by atoms with Crippen molar-refractivity contribution in [2.45, 2.75) is 51.7 Å². The molecule has 0 atom stereocenters. The van der Waals surface area contributed by atoms with Gasteiger partial charge >= 0.3 is 0 Å². The molecule has 0 saturated carbocycles. The number of halogens is 1. The largest absolute Gasteiger partial charge is 0.357 e. The molecule has 1 aromatic heterocycles. The number of hydrogen-bond acceptors (Lipinski definition) is 4. The minimum atomic E-state index is -3.36. The quantitative estimate of drug-likeness (QED) is 0.310. The first kappa shape index (κ1) is 25.6. The van der Waals surface area contributed by atoms with Crippen molar-refractivity contribution in [1.82, 2.24) is 14.5 Å². The fraction of sp³-hybridized carbons (Fsp3) is 0.737. The highest BCUT2D eigenvalue weighted by molar-refractivity contribution is 14.0. The third kappa shape index (κ3) is 6.56. The molecule has 6 nitrogen and oxygen atoms in total. The monoisotopic (exact) mass is 542 g/mol. The summed E-state index contributed by atoms with van der Waals surface area (Å²) in [5, 5.41) is 3.38. The zero-order chi connectivity index (χ0) is 20.1. The van der Waals surface area contributed by atoms with Gasteiger partial charge in [0, 0.05) is 50.6 Å². The van der Waals surface area contributed by atoms with Gasteiger partial charge in [-0.3, -0.25) is 4.99 Å². The Bertz CT molecular complexity index is 743. The standard InChI is InChI=1S/C19H34N4O2S2.HI/c1-6-20-18(22-14-12-19(4,5)15-22)21-13-11-16-9-10-17(26-16)27(24,25)23(7-2)8-3;/h9-10H,6-8,11-15H2,1-5H3,(H,20,21);1H. The lowest BCUT2D eigenvalue weighted by Gasteiger charge is -2.23. The van der Waals surface area contributed by atoms with Gasteiger partial charge in [0.15, 0.2) is 5.96 Å². The van der Waals surface area contributed by atoms with Crippen LogP contribution in [0.1, 0.15) is 45.9 Å². The molecule has 162 valence electrons. The molecule has 2 heterocycles. The van der Waals surface area contributed by atoms with Gasteiger partial charge < -0.3 is 10.2 Å². The van der Waals surface area contributed by atoms with Crippen LogP contribution in [0.4, 0.5) is 0 Å². The van der Waals surface area contributed by atoms with Crippen molar-refractivity contribution >= 4 is 51.3 Å². The average molecular weight is 543 g/mol. The van der Waals surface area contributed by atoms with E-state index in [-0.39, 0.29) is 24.0 Å². The zero-order valence-electron chi connectivity index (χ0n) is 17.7. The Labute approximate surface area is 191 Å². The first-order valence-corrected chi connectivity index (χ1v) is 12.1. The second-order valence-electron chi connectivity index (χ2n) is 7.63. The maximum absolute atomic E-state index is 12.6. The summed E-state index contributed by atoms with van der Waals surface area (Å²) < 4.78 is 27.1. The van der Waals surface area contributed by atoms with Crippen molar-refractivity contribution in [1.29, 1.82) is 0 Å². The molecule has 0 unspecified atom stereocenters. The van der Waals surface area contributed by atoms with Crippen LogP contribution in [0.25, 0.3) is 0 Å². The van der Waals surface area contributed by atoms with Crippen LogP contribution in [-0.4, -0.2) is 62.9 Å². The lowest BCUT2D eigenvalue weighted by molar-refractivity contribution is 0.370. The molecule has 0 amide bonds. The molecule has 0 radical (unpaired) electrons. The molecule has 1 aromatic rings. The van der Waals surface area contributed by atoms with E-state index in [0.717, 1.165) is 36.9 Å². The summed E-state index contributed by atoms with van der Waals surface area (Å²) >= 11 is 1.36. The summed E-state index contributed by atoms with van der Waals surface area (Å²) in [6, 6.07) is 3.65. The van der Waals surface area contributed by atoms with Crippen LogP contribution in [0.5, 0.6) is 0 Å². The van der Waals surface area contributed by atoms with Crippen molar-refractivity contribution in [2.75, 3.05) is 39.3 Å². The summed E-state index contributed by atoms with van der Waals surface area (Å²) in [7, 11) is -3.36. The predicted octanol–water partition coefficient (Wildman–Crippen LogP) is 3.64. The molecule has 2 rings (SSSR count). The molecule has 0 aromatic carbocycles. The summed E-state index contributed by atoms with van der Waals surface area (Å²) in [5.74, 6) is 0.968. The van der Waals surface area contributed by atoms with Gasteiger partial charge in [-0.2, -0.15) is 4.31 Å². The fourth-order valence-corrected chi connectivity index (χ4v) is 6.27. The molecule has 1 fully saturated rings. The normalized spacial score (nSPS) is 17.1. The number of thiophene rings is 1. The Hall–Kier alpha value is -0.390. The molecule has 0 bridgehead atoms. The van der Waals surface area contributed by atoms with Crippen LogP contribution in [0.2, 0.25) is 0 Å². The lowest BCUT2D eigenvalue weighted by Crippen LogP contribution is -2.40. The summed E-state index contributed by atoms with van der Waals surface area (Å²) in [4.78, 5) is 8.16. The second kappa shape index (κ2) is 11.1. The van der Waals surface area contributed by atoms with E-state index in [4.69, 9.17) is 4.99 Å². The van der Waals surface area contributed by atoms with Gasteiger partial charge in [-0.1, -0.05) is 27.7 Å². The molecule has 0 aliphatic carbocycles. The van der Waals surface area contributed by atoms with E-state index >= 15 is 0 Å². The third-order valence-corrected chi connectivity index (χ3v) is 8.53. The van der Waals surface area contributed by atoms with Crippen molar-refractivity contribution in [3.05, 3.63) is 17.0 Å². The molecular formula is C19H35IN4O2S2. The van der Waals surface area contributed by atoms with E-state index in [2.05, 4.69) is 31.0 Å². The molecular weight excluding hydrogens is 507 g/mol. The van der Waals surface area contributed by atoms with Crippen LogP contribution in [0.3, 0.4) is 0 Å².